The number of carboxylic acid groups (broad SMARTS) is 1. The highest BCUT2D eigenvalue weighted by molar-refractivity contribution is 6.04. The molecule has 12 heteroatoms. The van der Waals surface area contributed by atoms with E-state index in [-0.39, 0.29) is 85.4 Å². The molecule has 0 bridgehead atoms. The van der Waals surface area contributed by atoms with Crippen molar-refractivity contribution < 1.29 is 43.4 Å². The number of nitrogens with one attached hydrogen (secondary N) is 2. The first-order valence-electron chi connectivity index (χ1n) is 17.2. The number of ether oxygens (including phenoxy) is 1. The van der Waals surface area contributed by atoms with Gasteiger partial charge in [-0.25, -0.2) is 0 Å². The Morgan fingerprint density at radius 1 is 0.939 bits per heavy atom. The number of likely N-dealkylation sites (tertiary alicyclic amines) is 1. The van der Waals surface area contributed by atoms with E-state index in [4.69, 9.17) is 4.74 Å². The highest BCUT2D eigenvalue weighted by Crippen LogP contribution is 2.35. The summed E-state index contributed by atoms with van der Waals surface area (Å²) in [4.78, 5) is 89.2. The van der Waals surface area contributed by atoms with Gasteiger partial charge in [0.25, 0.3) is 0 Å². The molecule has 49 heavy (non-hydrogen) atoms. The van der Waals surface area contributed by atoms with E-state index in [0.717, 1.165) is 5.56 Å². The van der Waals surface area contributed by atoms with Gasteiger partial charge < -0.3 is 20.5 Å². The molecule has 1 aromatic rings. The number of Topliss-reactive ketones (excluding diaryl/α,β-unsaturated/α-hetero) is 1. The zero-order valence-electron chi connectivity index (χ0n) is 30.4. The maximum absolute atomic E-state index is 13.4. The molecule has 2 rings (SSSR count). The third-order valence-electron chi connectivity index (χ3n) is 8.63. The molecule has 0 aliphatic carbocycles. The molecule has 272 valence electrons. The fourth-order valence-electron chi connectivity index (χ4n) is 5.48. The molecule has 0 spiro atoms. The zero-order chi connectivity index (χ0) is 37.1. The van der Waals surface area contributed by atoms with Gasteiger partial charge in [-0.3, -0.25) is 38.5 Å². The van der Waals surface area contributed by atoms with E-state index in [0.29, 0.717) is 31.5 Å². The summed E-state index contributed by atoms with van der Waals surface area (Å²) in [5, 5.41) is 14.8. The van der Waals surface area contributed by atoms with Crippen molar-refractivity contribution in [3.8, 4) is 0 Å². The van der Waals surface area contributed by atoms with E-state index in [9.17, 15) is 38.7 Å². The summed E-state index contributed by atoms with van der Waals surface area (Å²) in [5.41, 5.74) is 0.229. The second-order valence-corrected chi connectivity index (χ2v) is 15.4. The van der Waals surface area contributed by atoms with Crippen LogP contribution in [-0.2, 0) is 44.9 Å². The SMILES string of the molecule is CC(C)[C@H](NC(=O)CCCCCN1C(=O)CC(C(C)(C)C)C1=O)C(=O)C[C@@H](CCC(=O)O)C(=O)Nc1ccc(COC(=O)C(C)(C)C)cc1. The smallest absolute Gasteiger partial charge is 0.311 e. The van der Waals surface area contributed by atoms with Crippen molar-refractivity contribution in [1.82, 2.24) is 10.2 Å². The maximum atomic E-state index is 13.4. The van der Waals surface area contributed by atoms with Crippen LogP contribution in [0.5, 0.6) is 0 Å². The van der Waals surface area contributed by atoms with E-state index in [1.807, 2.05) is 20.8 Å². The van der Waals surface area contributed by atoms with Crippen LogP contribution in [0.25, 0.3) is 0 Å². The maximum Gasteiger partial charge on any atom is 0.311 e. The van der Waals surface area contributed by atoms with E-state index >= 15 is 0 Å². The average molecular weight is 686 g/mol. The number of carboxylic acids is 1. The third kappa shape index (κ3) is 13.4. The van der Waals surface area contributed by atoms with Gasteiger partial charge in [-0.05, 0) is 69.1 Å². The van der Waals surface area contributed by atoms with Crippen molar-refractivity contribution in [2.45, 2.75) is 119 Å². The van der Waals surface area contributed by atoms with Crippen LogP contribution >= 0.6 is 0 Å². The van der Waals surface area contributed by atoms with Gasteiger partial charge in [-0.2, -0.15) is 0 Å². The van der Waals surface area contributed by atoms with E-state index in [1.54, 1.807) is 58.9 Å². The predicted octanol–water partition coefficient (Wildman–Crippen LogP) is 5.28. The lowest BCUT2D eigenvalue weighted by atomic mass is 9.80. The lowest BCUT2D eigenvalue weighted by molar-refractivity contribution is -0.154. The van der Waals surface area contributed by atoms with E-state index < -0.39 is 29.3 Å². The second-order valence-electron chi connectivity index (χ2n) is 15.4. The van der Waals surface area contributed by atoms with Gasteiger partial charge in [0.1, 0.15) is 6.61 Å². The van der Waals surface area contributed by atoms with Crippen LogP contribution in [-0.4, -0.2) is 63.9 Å². The molecule has 1 saturated heterocycles. The Morgan fingerprint density at radius 2 is 1.57 bits per heavy atom. The van der Waals surface area contributed by atoms with Crippen molar-refractivity contribution in [2.24, 2.45) is 28.6 Å². The quantitative estimate of drug-likeness (QED) is 0.105. The predicted molar refractivity (Wildman–Crippen MR) is 184 cm³/mol. The van der Waals surface area contributed by atoms with Crippen LogP contribution in [0.15, 0.2) is 24.3 Å². The number of carbonyl (C=O) groups excluding carboxylic acids is 6. The number of esters is 1. The van der Waals surface area contributed by atoms with Crippen molar-refractivity contribution >= 4 is 47.0 Å². The number of carbonyl (C=O) groups is 7. The number of anilines is 1. The fourth-order valence-corrected chi connectivity index (χ4v) is 5.48. The van der Waals surface area contributed by atoms with Crippen LogP contribution in [0.2, 0.25) is 0 Å². The summed E-state index contributed by atoms with van der Waals surface area (Å²) < 4.78 is 5.32. The van der Waals surface area contributed by atoms with Crippen molar-refractivity contribution in [1.29, 1.82) is 0 Å². The Morgan fingerprint density at radius 3 is 2.10 bits per heavy atom. The molecular weight excluding hydrogens is 630 g/mol. The topological polar surface area (TPSA) is 176 Å². The summed E-state index contributed by atoms with van der Waals surface area (Å²) in [6.45, 7) is 15.1. The molecule has 1 fully saturated rings. The highest BCUT2D eigenvalue weighted by atomic mass is 16.5. The Kier molecular flexibility index (Phi) is 15.1. The molecule has 0 radical (unpaired) electrons. The standard InChI is InChI=1S/C37H55N3O9/c1-23(2)32(39-29(42)12-10-9-11-19-40-30(43)21-27(34(40)47)36(3,4)5)28(41)20-25(15-18-31(44)45)33(46)38-26-16-13-24(14-17-26)22-49-35(48)37(6,7)8/h13-14,16-17,23,25,27,32H,9-12,15,18-22H2,1-8H3,(H,38,46)(H,39,42)(H,44,45)/t25-,27?,32+/m1/s1. The summed E-state index contributed by atoms with van der Waals surface area (Å²) in [5.74, 6) is -4.49. The average Bonchev–Trinajstić information content (AvgIpc) is 3.29. The molecule has 3 atom stereocenters. The number of hydrogen-bond acceptors (Lipinski definition) is 8. The van der Waals surface area contributed by atoms with Crippen molar-refractivity contribution in [3.63, 3.8) is 0 Å². The second kappa shape index (κ2) is 18.1. The number of imide groups is 1. The van der Waals surface area contributed by atoms with E-state index in [2.05, 4.69) is 10.6 Å². The molecule has 0 aromatic heterocycles. The third-order valence-corrected chi connectivity index (χ3v) is 8.63. The Labute approximate surface area is 290 Å². The molecule has 3 N–H and O–H groups in total. The van der Waals surface area contributed by atoms with Crippen molar-refractivity contribution in [3.05, 3.63) is 29.8 Å². The molecule has 1 aliphatic rings. The normalized spacial score (nSPS) is 16.3. The Balaban J connectivity index is 1.92. The fraction of sp³-hybridized carbons (Fsp3) is 0.649. The Hall–Kier alpha value is -4.09. The highest BCUT2D eigenvalue weighted by Gasteiger charge is 2.44. The Bertz CT molecular complexity index is 1360. The minimum absolute atomic E-state index is 0.0645. The zero-order valence-corrected chi connectivity index (χ0v) is 30.4. The lowest BCUT2D eigenvalue weighted by Gasteiger charge is -2.25. The monoisotopic (exact) mass is 685 g/mol. The largest absolute Gasteiger partial charge is 0.481 e. The molecule has 0 saturated carbocycles. The molecule has 1 aliphatic heterocycles. The van der Waals surface area contributed by atoms with E-state index in [1.165, 1.54) is 4.90 Å². The van der Waals surface area contributed by atoms with Crippen LogP contribution in [0, 0.1) is 28.6 Å². The number of hydrogen-bond donors (Lipinski definition) is 3. The number of rotatable bonds is 18. The number of benzene rings is 1. The molecule has 1 aromatic carbocycles. The van der Waals surface area contributed by atoms with Crippen LogP contribution < -0.4 is 10.6 Å². The van der Waals surface area contributed by atoms with Gasteiger partial charge in [0, 0.05) is 43.8 Å². The van der Waals surface area contributed by atoms with Gasteiger partial charge in [-0.1, -0.05) is 53.2 Å². The molecule has 1 unspecified atom stereocenters. The molecule has 1 heterocycles. The molecular formula is C37H55N3O9. The molecule has 4 amide bonds. The molecule has 12 nitrogen and oxygen atoms in total. The minimum atomic E-state index is -1.10. The van der Waals surface area contributed by atoms with Gasteiger partial charge in [-0.15, -0.1) is 0 Å². The van der Waals surface area contributed by atoms with Gasteiger partial charge in [0.05, 0.1) is 17.4 Å². The number of amides is 4. The van der Waals surface area contributed by atoms with Crippen LogP contribution in [0.1, 0.15) is 112 Å². The van der Waals surface area contributed by atoms with Crippen LogP contribution in [0.4, 0.5) is 5.69 Å². The summed E-state index contributed by atoms with van der Waals surface area (Å²) in [7, 11) is 0. The first-order chi connectivity index (χ1) is 22.7. The number of aliphatic carboxylic acids is 1. The number of nitrogens with zero attached hydrogens (tertiary/aromatic N) is 1. The minimum Gasteiger partial charge on any atom is -0.481 e. The summed E-state index contributed by atoms with van der Waals surface area (Å²) in [6.07, 6.45) is 1.43. The van der Waals surface area contributed by atoms with Gasteiger partial charge in [0.15, 0.2) is 5.78 Å². The lowest BCUT2D eigenvalue weighted by Crippen LogP contribution is -2.45. The summed E-state index contributed by atoms with van der Waals surface area (Å²) in [6, 6.07) is 5.79. The number of ketones is 1. The first-order valence-corrected chi connectivity index (χ1v) is 17.2. The van der Waals surface area contributed by atoms with Gasteiger partial charge in [0.2, 0.25) is 23.6 Å². The number of unbranched alkanes of at least 4 members (excludes halogenated alkanes) is 2. The van der Waals surface area contributed by atoms with Gasteiger partial charge >= 0.3 is 11.9 Å². The van der Waals surface area contributed by atoms with Crippen LogP contribution in [0.3, 0.4) is 0 Å². The summed E-state index contributed by atoms with van der Waals surface area (Å²) >= 11 is 0. The van der Waals surface area contributed by atoms with Crippen molar-refractivity contribution in [2.75, 3.05) is 11.9 Å². The first kappa shape index (κ1) is 41.1.